The molecule has 3 rings (SSSR count). The Hall–Kier alpha value is -2.39. The van der Waals surface area contributed by atoms with Crippen LogP contribution in [0.3, 0.4) is 0 Å². The molecule has 1 fully saturated rings. The summed E-state index contributed by atoms with van der Waals surface area (Å²) in [6, 6.07) is 6.85. The fourth-order valence-electron chi connectivity index (χ4n) is 2.97. The molecule has 0 unspecified atom stereocenters. The predicted molar refractivity (Wildman–Crippen MR) is 101 cm³/mol. The minimum Gasteiger partial charge on any atom is -0.455 e. The number of rotatable bonds is 6. The van der Waals surface area contributed by atoms with Crippen molar-refractivity contribution in [3.05, 3.63) is 41.5 Å². The molecule has 0 aromatic carbocycles. The Labute approximate surface area is 159 Å². The molecule has 8 nitrogen and oxygen atoms in total. The van der Waals surface area contributed by atoms with Crippen LogP contribution >= 0.6 is 0 Å². The van der Waals surface area contributed by atoms with Crippen LogP contribution in [-0.2, 0) is 16.6 Å². The van der Waals surface area contributed by atoms with Gasteiger partial charge in [-0.3, -0.25) is 4.79 Å². The van der Waals surface area contributed by atoms with E-state index in [1.807, 2.05) is 37.2 Å². The molecule has 0 bridgehead atoms. The van der Waals surface area contributed by atoms with E-state index in [0.29, 0.717) is 18.8 Å². The van der Waals surface area contributed by atoms with Crippen LogP contribution in [0.1, 0.15) is 34.9 Å². The van der Waals surface area contributed by atoms with Gasteiger partial charge in [-0.15, -0.1) is 0 Å². The summed E-state index contributed by atoms with van der Waals surface area (Å²) in [6.45, 7) is 2.78. The van der Waals surface area contributed by atoms with Gasteiger partial charge >= 0.3 is 0 Å². The van der Waals surface area contributed by atoms with Crippen molar-refractivity contribution in [2.45, 2.75) is 31.2 Å². The number of nitrogens with one attached hydrogen (secondary N) is 1. The van der Waals surface area contributed by atoms with Crippen LogP contribution in [0.4, 0.5) is 5.82 Å². The van der Waals surface area contributed by atoms with E-state index in [1.165, 1.54) is 10.4 Å². The summed E-state index contributed by atoms with van der Waals surface area (Å²) >= 11 is 0. The van der Waals surface area contributed by atoms with Gasteiger partial charge in [0.15, 0.2) is 5.76 Å². The second-order valence-electron chi connectivity index (χ2n) is 6.71. The van der Waals surface area contributed by atoms with Gasteiger partial charge in [0.05, 0.1) is 12.2 Å². The number of hydrogen-bond donors (Lipinski definition) is 1. The van der Waals surface area contributed by atoms with Crippen LogP contribution in [-0.4, -0.2) is 50.8 Å². The van der Waals surface area contributed by atoms with E-state index in [1.54, 1.807) is 6.92 Å². The van der Waals surface area contributed by atoms with Gasteiger partial charge < -0.3 is 14.6 Å². The monoisotopic (exact) mass is 392 g/mol. The van der Waals surface area contributed by atoms with Crippen molar-refractivity contribution in [2.24, 2.45) is 0 Å². The molecule has 0 atom stereocenters. The molecule has 0 spiro atoms. The largest absolute Gasteiger partial charge is 0.455 e. The van der Waals surface area contributed by atoms with Crippen molar-refractivity contribution in [3.8, 4) is 0 Å². The summed E-state index contributed by atoms with van der Waals surface area (Å²) in [5, 5.41) is 2.72. The predicted octanol–water partition coefficient (Wildman–Crippen LogP) is 1.76. The van der Waals surface area contributed by atoms with Gasteiger partial charge in [0.2, 0.25) is 10.0 Å². The fraction of sp³-hybridized carbons (Fsp3) is 0.444. The SMILES string of the molecule is Cc1oc(C(=O)NCc2cccc(N(C)C)n2)cc1S(=O)(=O)N1CCCC1. The maximum Gasteiger partial charge on any atom is 0.287 e. The molecular weight excluding hydrogens is 368 g/mol. The minimum atomic E-state index is -3.62. The summed E-state index contributed by atoms with van der Waals surface area (Å²) < 4.78 is 32.2. The van der Waals surface area contributed by atoms with Crippen molar-refractivity contribution in [1.29, 1.82) is 0 Å². The summed E-state index contributed by atoms with van der Waals surface area (Å²) in [4.78, 5) is 18.8. The van der Waals surface area contributed by atoms with E-state index in [-0.39, 0.29) is 23.0 Å². The number of hydrogen-bond acceptors (Lipinski definition) is 6. The molecule has 2 aromatic rings. The Morgan fingerprint density at radius 3 is 2.67 bits per heavy atom. The fourth-order valence-corrected chi connectivity index (χ4v) is 4.65. The van der Waals surface area contributed by atoms with Crippen molar-refractivity contribution < 1.29 is 17.6 Å². The first-order valence-corrected chi connectivity index (χ1v) is 10.2. The lowest BCUT2D eigenvalue weighted by Crippen LogP contribution is -2.28. The quantitative estimate of drug-likeness (QED) is 0.805. The number of furan rings is 1. The Kier molecular flexibility index (Phi) is 5.52. The molecular formula is C18H24N4O4S. The van der Waals surface area contributed by atoms with Crippen molar-refractivity contribution >= 4 is 21.7 Å². The van der Waals surface area contributed by atoms with E-state index >= 15 is 0 Å². The maximum absolute atomic E-state index is 12.7. The summed E-state index contributed by atoms with van der Waals surface area (Å²) in [5.74, 6) is 0.515. The molecule has 0 radical (unpaired) electrons. The van der Waals surface area contributed by atoms with Crippen LogP contribution in [0.5, 0.6) is 0 Å². The molecule has 1 N–H and O–H groups in total. The zero-order valence-electron chi connectivity index (χ0n) is 15.7. The van der Waals surface area contributed by atoms with Crippen LogP contribution in [0.2, 0.25) is 0 Å². The third-order valence-corrected chi connectivity index (χ3v) is 6.47. The van der Waals surface area contributed by atoms with E-state index in [0.717, 1.165) is 18.7 Å². The number of aromatic nitrogens is 1. The minimum absolute atomic E-state index is 0.0194. The zero-order valence-corrected chi connectivity index (χ0v) is 16.5. The van der Waals surface area contributed by atoms with Gasteiger partial charge in [-0.05, 0) is 31.9 Å². The van der Waals surface area contributed by atoms with E-state index in [2.05, 4.69) is 10.3 Å². The first kappa shape index (κ1) is 19.4. The van der Waals surface area contributed by atoms with Gasteiger partial charge in [-0.1, -0.05) is 6.07 Å². The molecule has 0 aliphatic carbocycles. The Morgan fingerprint density at radius 2 is 2.00 bits per heavy atom. The molecule has 1 amide bonds. The molecule has 2 aromatic heterocycles. The van der Waals surface area contributed by atoms with Crippen molar-refractivity contribution in [1.82, 2.24) is 14.6 Å². The highest BCUT2D eigenvalue weighted by atomic mass is 32.2. The van der Waals surface area contributed by atoms with E-state index < -0.39 is 15.9 Å². The zero-order chi connectivity index (χ0) is 19.6. The van der Waals surface area contributed by atoms with Gasteiger partial charge in [0.1, 0.15) is 16.5 Å². The van der Waals surface area contributed by atoms with Gasteiger partial charge in [0.25, 0.3) is 5.91 Å². The number of sulfonamides is 1. The van der Waals surface area contributed by atoms with E-state index in [4.69, 9.17) is 4.42 Å². The third kappa shape index (κ3) is 4.14. The van der Waals surface area contributed by atoms with Gasteiger partial charge in [-0.25, -0.2) is 13.4 Å². The number of carbonyl (C=O) groups is 1. The molecule has 9 heteroatoms. The highest BCUT2D eigenvalue weighted by Crippen LogP contribution is 2.26. The molecule has 3 heterocycles. The topological polar surface area (TPSA) is 95.7 Å². The van der Waals surface area contributed by atoms with Crippen LogP contribution < -0.4 is 10.2 Å². The highest BCUT2D eigenvalue weighted by Gasteiger charge is 2.31. The Bertz CT molecular complexity index is 931. The van der Waals surface area contributed by atoms with Crippen molar-refractivity contribution in [2.75, 3.05) is 32.1 Å². The second-order valence-corrected chi connectivity index (χ2v) is 8.61. The highest BCUT2D eigenvalue weighted by molar-refractivity contribution is 7.89. The first-order valence-electron chi connectivity index (χ1n) is 8.81. The Morgan fingerprint density at radius 1 is 1.30 bits per heavy atom. The molecule has 0 saturated carbocycles. The number of carbonyl (C=O) groups excluding carboxylic acids is 1. The maximum atomic E-state index is 12.7. The molecule has 1 aliphatic rings. The first-order chi connectivity index (χ1) is 12.8. The molecule has 27 heavy (non-hydrogen) atoms. The van der Waals surface area contributed by atoms with E-state index in [9.17, 15) is 13.2 Å². The standard InChI is InChI=1S/C18H24N4O4S/c1-13-16(27(24,25)22-9-4-5-10-22)11-15(26-13)18(23)19-12-14-7-6-8-17(20-14)21(2)3/h6-8,11H,4-5,9-10,12H2,1-3H3,(H,19,23). The molecule has 1 aliphatic heterocycles. The number of aryl methyl sites for hydroxylation is 1. The van der Waals surface area contributed by atoms with Crippen LogP contribution in [0, 0.1) is 6.92 Å². The summed E-state index contributed by atoms with van der Waals surface area (Å²) in [6.07, 6.45) is 1.70. The smallest absolute Gasteiger partial charge is 0.287 e. The normalized spacial score (nSPS) is 15.1. The van der Waals surface area contributed by atoms with Crippen molar-refractivity contribution in [3.63, 3.8) is 0 Å². The lowest BCUT2D eigenvalue weighted by molar-refractivity contribution is 0.0921. The molecule has 1 saturated heterocycles. The Balaban J connectivity index is 1.72. The number of anilines is 1. The van der Waals surface area contributed by atoms with Crippen LogP contribution in [0.25, 0.3) is 0 Å². The summed E-state index contributed by atoms with van der Waals surface area (Å²) in [7, 11) is 0.153. The lowest BCUT2D eigenvalue weighted by atomic mass is 10.3. The average Bonchev–Trinajstić information content (AvgIpc) is 3.30. The number of pyridine rings is 1. The second kappa shape index (κ2) is 7.69. The number of nitrogens with zero attached hydrogens (tertiary/aromatic N) is 3. The molecule has 146 valence electrons. The lowest BCUT2D eigenvalue weighted by Gasteiger charge is -2.14. The van der Waals surface area contributed by atoms with Crippen LogP contribution in [0.15, 0.2) is 33.6 Å². The number of amides is 1. The van der Waals surface area contributed by atoms with Gasteiger partial charge in [0, 0.05) is 33.3 Å². The third-order valence-electron chi connectivity index (χ3n) is 4.46. The van der Waals surface area contributed by atoms with Gasteiger partial charge in [-0.2, -0.15) is 4.31 Å². The average molecular weight is 392 g/mol. The summed E-state index contributed by atoms with van der Waals surface area (Å²) in [5.41, 5.74) is 0.697.